The average molecular weight is 457 g/mol. The first kappa shape index (κ1) is 22.0. The molecule has 0 bridgehead atoms. The molecule has 0 spiro atoms. The Morgan fingerprint density at radius 1 is 1.13 bits per heavy atom. The Bertz CT molecular complexity index is 974. The maximum absolute atomic E-state index is 13.4. The molecule has 1 aromatic heterocycles. The van der Waals surface area contributed by atoms with Crippen LogP contribution >= 0.6 is 23.1 Å². The number of hydrogen-bond donors (Lipinski definition) is 1. The Labute approximate surface area is 190 Å². The van der Waals surface area contributed by atoms with Crippen molar-refractivity contribution in [3.05, 3.63) is 87.9 Å². The third-order valence-corrected chi connectivity index (χ3v) is 7.18. The first-order valence-corrected chi connectivity index (χ1v) is 12.2. The molecule has 0 aliphatic carbocycles. The van der Waals surface area contributed by atoms with Gasteiger partial charge in [-0.05, 0) is 52.2 Å². The van der Waals surface area contributed by atoms with Crippen LogP contribution in [0, 0.1) is 5.82 Å². The average Bonchev–Trinajstić information content (AvgIpc) is 3.33. The number of carbonyl (C=O) groups is 1. The van der Waals surface area contributed by atoms with Crippen LogP contribution in [0.2, 0.25) is 0 Å². The van der Waals surface area contributed by atoms with Crippen LogP contribution in [0.1, 0.15) is 27.5 Å². The molecule has 4 nitrogen and oxygen atoms in total. The molecule has 1 atom stereocenters. The minimum absolute atomic E-state index is 0.0286. The lowest BCUT2D eigenvalue weighted by atomic mass is 10.0. The number of morpholine rings is 1. The smallest absolute Gasteiger partial charge is 0.252 e. The topological polar surface area (TPSA) is 41.6 Å². The lowest BCUT2D eigenvalue weighted by Crippen LogP contribution is -2.43. The van der Waals surface area contributed by atoms with Gasteiger partial charge in [-0.25, -0.2) is 4.39 Å². The second-order valence-electron chi connectivity index (χ2n) is 7.34. The van der Waals surface area contributed by atoms with E-state index in [4.69, 9.17) is 4.74 Å². The zero-order chi connectivity index (χ0) is 21.5. The standard InChI is InChI=1S/C24H25FN2O2S2/c25-20-7-5-19(6-8-20)22(27-10-12-29-13-11-27)15-26-24(28)21-3-1-2-4-23(21)31-17-18-9-14-30-16-18/h1-9,14,16,22H,10-13,15,17H2,(H,26,28)/t22-/m1/s1. The van der Waals surface area contributed by atoms with Crippen LogP contribution in [-0.4, -0.2) is 43.7 Å². The molecule has 1 fully saturated rings. The van der Waals surface area contributed by atoms with Gasteiger partial charge in [0.1, 0.15) is 5.82 Å². The van der Waals surface area contributed by atoms with Crippen LogP contribution < -0.4 is 5.32 Å². The van der Waals surface area contributed by atoms with Crippen LogP contribution in [-0.2, 0) is 10.5 Å². The third-order valence-electron chi connectivity index (χ3n) is 5.30. The van der Waals surface area contributed by atoms with E-state index >= 15 is 0 Å². The monoisotopic (exact) mass is 456 g/mol. The lowest BCUT2D eigenvalue weighted by Gasteiger charge is -2.35. The molecule has 1 saturated heterocycles. The van der Waals surface area contributed by atoms with E-state index in [0.717, 1.165) is 29.3 Å². The molecule has 1 aliphatic heterocycles. The Morgan fingerprint density at radius 3 is 2.65 bits per heavy atom. The summed E-state index contributed by atoms with van der Waals surface area (Å²) in [5, 5.41) is 7.31. The number of amides is 1. The summed E-state index contributed by atoms with van der Waals surface area (Å²) in [6.07, 6.45) is 0. The highest BCUT2D eigenvalue weighted by molar-refractivity contribution is 7.98. The van der Waals surface area contributed by atoms with Gasteiger partial charge in [-0.15, -0.1) is 11.8 Å². The lowest BCUT2D eigenvalue weighted by molar-refractivity contribution is 0.0162. The van der Waals surface area contributed by atoms with Gasteiger partial charge in [0.05, 0.1) is 24.8 Å². The molecule has 2 aromatic carbocycles. The maximum Gasteiger partial charge on any atom is 0.252 e. The Kier molecular flexibility index (Phi) is 7.75. The van der Waals surface area contributed by atoms with Crippen molar-refractivity contribution in [1.29, 1.82) is 0 Å². The van der Waals surface area contributed by atoms with Gasteiger partial charge in [-0.2, -0.15) is 11.3 Å². The molecule has 0 radical (unpaired) electrons. The molecule has 162 valence electrons. The van der Waals surface area contributed by atoms with Gasteiger partial charge in [0, 0.05) is 30.3 Å². The maximum atomic E-state index is 13.4. The molecule has 0 saturated carbocycles. The molecule has 4 rings (SSSR count). The molecule has 1 aliphatic rings. The minimum Gasteiger partial charge on any atom is -0.379 e. The van der Waals surface area contributed by atoms with Gasteiger partial charge in [0.2, 0.25) is 0 Å². The summed E-state index contributed by atoms with van der Waals surface area (Å²) >= 11 is 3.35. The van der Waals surface area contributed by atoms with Gasteiger partial charge in [0.25, 0.3) is 5.91 Å². The zero-order valence-electron chi connectivity index (χ0n) is 17.1. The van der Waals surface area contributed by atoms with E-state index in [1.807, 2.05) is 24.3 Å². The fraction of sp³-hybridized carbons (Fsp3) is 0.292. The van der Waals surface area contributed by atoms with Crippen LogP contribution in [0.25, 0.3) is 0 Å². The number of ether oxygens (including phenoxy) is 1. The van der Waals surface area contributed by atoms with Gasteiger partial charge < -0.3 is 10.1 Å². The van der Waals surface area contributed by atoms with Gasteiger partial charge in [-0.3, -0.25) is 9.69 Å². The molecule has 1 amide bonds. The normalized spacial score (nSPS) is 15.5. The first-order chi connectivity index (χ1) is 15.2. The number of thiophene rings is 1. The van der Waals surface area contributed by atoms with E-state index < -0.39 is 0 Å². The van der Waals surface area contributed by atoms with Crippen molar-refractivity contribution in [2.75, 3.05) is 32.8 Å². The molecule has 1 N–H and O–H groups in total. The van der Waals surface area contributed by atoms with Crippen molar-refractivity contribution in [2.24, 2.45) is 0 Å². The molecule has 7 heteroatoms. The highest BCUT2D eigenvalue weighted by Crippen LogP contribution is 2.27. The molecule has 31 heavy (non-hydrogen) atoms. The fourth-order valence-corrected chi connectivity index (χ4v) is 5.40. The van der Waals surface area contributed by atoms with E-state index in [0.29, 0.717) is 25.3 Å². The van der Waals surface area contributed by atoms with Crippen LogP contribution in [0.5, 0.6) is 0 Å². The fourth-order valence-electron chi connectivity index (χ4n) is 3.63. The van der Waals surface area contributed by atoms with E-state index in [1.54, 1.807) is 35.2 Å². The summed E-state index contributed by atoms with van der Waals surface area (Å²) in [5.41, 5.74) is 2.93. The van der Waals surface area contributed by atoms with Crippen molar-refractivity contribution < 1.29 is 13.9 Å². The highest BCUT2D eigenvalue weighted by atomic mass is 32.2. The van der Waals surface area contributed by atoms with Crippen molar-refractivity contribution in [2.45, 2.75) is 16.7 Å². The number of carbonyl (C=O) groups excluding carboxylic acids is 1. The predicted octanol–water partition coefficient (Wildman–Crippen LogP) is 4.98. The first-order valence-electron chi connectivity index (χ1n) is 10.3. The molecule has 3 aromatic rings. The summed E-state index contributed by atoms with van der Waals surface area (Å²) in [6.45, 7) is 3.34. The van der Waals surface area contributed by atoms with Crippen molar-refractivity contribution >= 4 is 29.0 Å². The SMILES string of the molecule is O=C(NC[C@H](c1ccc(F)cc1)N1CCOCC1)c1ccccc1SCc1ccsc1. The summed E-state index contributed by atoms with van der Waals surface area (Å²) in [7, 11) is 0. The highest BCUT2D eigenvalue weighted by Gasteiger charge is 2.24. The summed E-state index contributed by atoms with van der Waals surface area (Å²) in [5.74, 6) is 0.485. The van der Waals surface area contributed by atoms with Crippen molar-refractivity contribution in [3.63, 3.8) is 0 Å². The number of benzene rings is 2. The Morgan fingerprint density at radius 2 is 1.90 bits per heavy atom. The quantitative estimate of drug-likeness (QED) is 0.485. The minimum atomic E-state index is -0.259. The third kappa shape index (κ3) is 5.95. The number of rotatable bonds is 8. The molecular weight excluding hydrogens is 431 g/mol. The summed E-state index contributed by atoms with van der Waals surface area (Å²) < 4.78 is 18.9. The van der Waals surface area contributed by atoms with Gasteiger partial charge in [0.15, 0.2) is 0 Å². The molecule has 0 unspecified atom stereocenters. The van der Waals surface area contributed by atoms with Crippen molar-refractivity contribution in [3.8, 4) is 0 Å². The van der Waals surface area contributed by atoms with Crippen LogP contribution in [0.4, 0.5) is 4.39 Å². The zero-order valence-corrected chi connectivity index (χ0v) is 18.8. The van der Waals surface area contributed by atoms with Gasteiger partial charge >= 0.3 is 0 Å². The van der Waals surface area contributed by atoms with E-state index in [9.17, 15) is 9.18 Å². The molecular formula is C24H25FN2O2S2. The van der Waals surface area contributed by atoms with Gasteiger partial charge in [-0.1, -0.05) is 24.3 Å². The van der Waals surface area contributed by atoms with Crippen LogP contribution in [0.15, 0.2) is 70.3 Å². The Hall–Kier alpha value is -2.19. The Balaban J connectivity index is 1.45. The number of hydrogen-bond acceptors (Lipinski definition) is 5. The largest absolute Gasteiger partial charge is 0.379 e. The van der Waals surface area contributed by atoms with Crippen LogP contribution in [0.3, 0.4) is 0 Å². The van der Waals surface area contributed by atoms with E-state index in [-0.39, 0.29) is 17.8 Å². The predicted molar refractivity (Wildman–Crippen MR) is 124 cm³/mol. The second-order valence-corrected chi connectivity index (χ2v) is 9.14. The number of thioether (sulfide) groups is 1. The number of halogens is 1. The summed E-state index contributed by atoms with van der Waals surface area (Å²) in [6, 6.07) is 16.3. The number of nitrogens with one attached hydrogen (secondary N) is 1. The van der Waals surface area contributed by atoms with E-state index in [1.165, 1.54) is 17.7 Å². The number of nitrogens with zero attached hydrogens (tertiary/aromatic N) is 1. The van der Waals surface area contributed by atoms with E-state index in [2.05, 4.69) is 27.0 Å². The van der Waals surface area contributed by atoms with Crippen molar-refractivity contribution in [1.82, 2.24) is 10.2 Å². The second kappa shape index (κ2) is 10.9. The summed E-state index contributed by atoms with van der Waals surface area (Å²) in [4.78, 5) is 16.3. The molecule has 2 heterocycles.